The fourth-order valence-corrected chi connectivity index (χ4v) is 1.96. The highest BCUT2D eigenvalue weighted by Crippen LogP contribution is 2.23. The number of fused-ring (bicyclic) bond motifs is 1. The molecule has 1 heterocycles. The number of aliphatic hydroxyl groups excluding tert-OH is 1. The van der Waals surface area contributed by atoms with Crippen molar-refractivity contribution >= 4 is 32.7 Å². The lowest BCUT2D eigenvalue weighted by molar-refractivity contribution is 0.281. The van der Waals surface area contributed by atoms with Crippen molar-refractivity contribution in [2.24, 2.45) is 0 Å². The van der Waals surface area contributed by atoms with E-state index in [1.807, 2.05) is 37.3 Å². The molecule has 1 aromatic carbocycles. The molecule has 16 heavy (non-hydrogen) atoms. The Bertz CT molecular complexity index is 501. The van der Waals surface area contributed by atoms with Crippen molar-refractivity contribution in [3.63, 3.8) is 0 Å². The Morgan fingerprint density at radius 1 is 1.38 bits per heavy atom. The SMILES string of the molecule is CC(CO)Nc1ccc2cccc(Br)c2n1. The molecule has 1 aromatic heterocycles. The van der Waals surface area contributed by atoms with Crippen LogP contribution >= 0.6 is 15.9 Å². The molecule has 0 aliphatic rings. The molecule has 2 rings (SSSR count). The van der Waals surface area contributed by atoms with E-state index >= 15 is 0 Å². The first-order valence-corrected chi connectivity index (χ1v) is 5.92. The molecule has 84 valence electrons. The molecule has 0 amide bonds. The monoisotopic (exact) mass is 280 g/mol. The summed E-state index contributed by atoms with van der Waals surface area (Å²) in [5.74, 6) is 0.779. The van der Waals surface area contributed by atoms with Crippen LogP contribution in [-0.4, -0.2) is 22.7 Å². The van der Waals surface area contributed by atoms with E-state index in [0.717, 1.165) is 21.2 Å². The Kier molecular flexibility index (Phi) is 3.41. The number of halogens is 1. The van der Waals surface area contributed by atoms with Crippen molar-refractivity contribution in [2.45, 2.75) is 13.0 Å². The highest BCUT2D eigenvalue weighted by molar-refractivity contribution is 9.10. The number of rotatable bonds is 3. The molecule has 0 radical (unpaired) electrons. The van der Waals surface area contributed by atoms with E-state index in [1.165, 1.54) is 0 Å². The lowest BCUT2D eigenvalue weighted by Gasteiger charge is -2.12. The molecule has 2 N–H and O–H groups in total. The zero-order chi connectivity index (χ0) is 11.5. The number of hydrogen-bond acceptors (Lipinski definition) is 3. The van der Waals surface area contributed by atoms with Gasteiger partial charge >= 0.3 is 0 Å². The molecule has 0 aliphatic heterocycles. The third-order valence-electron chi connectivity index (χ3n) is 2.34. The number of pyridine rings is 1. The van der Waals surface area contributed by atoms with Gasteiger partial charge in [0, 0.05) is 15.9 Å². The Morgan fingerprint density at radius 2 is 2.19 bits per heavy atom. The summed E-state index contributed by atoms with van der Waals surface area (Å²) >= 11 is 3.47. The number of nitrogens with zero attached hydrogens (tertiary/aromatic N) is 1. The van der Waals surface area contributed by atoms with Crippen molar-refractivity contribution in [3.8, 4) is 0 Å². The molecule has 0 saturated heterocycles. The van der Waals surface area contributed by atoms with Gasteiger partial charge in [-0.25, -0.2) is 4.98 Å². The van der Waals surface area contributed by atoms with E-state index < -0.39 is 0 Å². The number of hydrogen-bond donors (Lipinski definition) is 2. The third-order valence-corrected chi connectivity index (χ3v) is 2.98. The van der Waals surface area contributed by atoms with E-state index in [1.54, 1.807) is 0 Å². The molecule has 2 aromatic rings. The Hall–Kier alpha value is -1.13. The summed E-state index contributed by atoms with van der Waals surface area (Å²) in [7, 11) is 0. The van der Waals surface area contributed by atoms with Crippen molar-refractivity contribution in [3.05, 3.63) is 34.8 Å². The highest BCUT2D eigenvalue weighted by Gasteiger charge is 2.04. The third kappa shape index (κ3) is 2.33. The predicted octanol–water partition coefficient (Wildman–Crippen LogP) is 2.79. The first kappa shape index (κ1) is 11.4. The van der Waals surface area contributed by atoms with Crippen LogP contribution < -0.4 is 5.32 Å². The normalized spacial score (nSPS) is 12.7. The van der Waals surface area contributed by atoms with Crippen molar-refractivity contribution < 1.29 is 5.11 Å². The second kappa shape index (κ2) is 4.80. The largest absolute Gasteiger partial charge is 0.394 e. The maximum atomic E-state index is 8.96. The Labute approximate surface area is 103 Å². The molecule has 1 unspecified atom stereocenters. The first-order chi connectivity index (χ1) is 7.70. The molecule has 3 nitrogen and oxygen atoms in total. The van der Waals surface area contributed by atoms with Crippen LogP contribution in [0.4, 0.5) is 5.82 Å². The lowest BCUT2D eigenvalue weighted by Crippen LogP contribution is -2.19. The fraction of sp³-hybridized carbons (Fsp3) is 0.250. The number of anilines is 1. The average Bonchev–Trinajstić information content (AvgIpc) is 2.30. The fourth-order valence-electron chi connectivity index (χ4n) is 1.49. The van der Waals surface area contributed by atoms with Crippen LogP contribution in [0.2, 0.25) is 0 Å². The summed E-state index contributed by atoms with van der Waals surface area (Å²) in [5.41, 5.74) is 0.928. The van der Waals surface area contributed by atoms with Crippen LogP contribution in [0.15, 0.2) is 34.8 Å². The first-order valence-electron chi connectivity index (χ1n) is 5.13. The van der Waals surface area contributed by atoms with Crippen LogP contribution in [0, 0.1) is 0 Å². The molecule has 0 spiro atoms. The molecule has 0 aliphatic carbocycles. The number of aromatic nitrogens is 1. The quantitative estimate of drug-likeness (QED) is 0.909. The van der Waals surface area contributed by atoms with Gasteiger partial charge in [0.2, 0.25) is 0 Å². The topological polar surface area (TPSA) is 45.1 Å². The molecule has 0 saturated carbocycles. The number of para-hydroxylation sites is 1. The summed E-state index contributed by atoms with van der Waals surface area (Å²) in [6.45, 7) is 2.00. The smallest absolute Gasteiger partial charge is 0.126 e. The van der Waals surface area contributed by atoms with Crippen LogP contribution in [0.3, 0.4) is 0 Å². The van der Waals surface area contributed by atoms with Gasteiger partial charge in [0.15, 0.2) is 0 Å². The number of aliphatic hydroxyl groups is 1. The van der Waals surface area contributed by atoms with Crippen LogP contribution in [0.25, 0.3) is 10.9 Å². The van der Waals surface area contributed by atoms with Gasteiger partial charge in [0.1, 0.15) is 5.82 Å². The van der Waals surface area contributed by atoms with Crippen LogP contribution in [-0.2, 0) is 0 Å². The van der Waals surface area contributed by atoms with E-state index in [0.29, 0.717) is 0 Å². The van der Waals surface area contributed by atoms with Gasteiger partial charge in [-0.2, -0.15) is 0 Å². The zero-order valence-corrected chi connectivity index (χ0v) is 10.5. The number of nitrogens with one attached hydrogen (secondary N) is 1. The standard InChI is InChI=1S/C12H13BrN2O/c1-8(7-16)14-11-6-5-9-3-2-4-10(13)12(9)15-11/h2-6,8,16H,7H2,1H3,(H,14,15). The van der Waals surface area contributed by atoms with Gasteiger partial charge in [0.25, 0.3) is 0 Å². The van der Waals surface area contributed by atoms with Gasteiger partial charge < -0.3 is 10.4 Å². The summed E-state index contributed by atoms with van der Waals surface area (Å²) < 4.78 is 0.977. The second-order valence-corrected chi connectivity index (χ2v) is 4.59. The van der Waals surface area contributed by atoms with Crippen molar-refractivity contribution in [2.75, 3.05) is 11.9 Å². The van der Waals surface area contributed by atoms with Crippen LogP contribution in [0.1, 0.15) is 6.92 Å². The van der Waals surface area contributed by atoms with Gasteiger partial charge in [-0.3, -0.25) is 0 Å². The predicted molar refractivity (Wildman–Crippen MR) is 69.6 cm³/mol. The molecule has 0 bridgehead atoms. The molecule has 4 heteroatoms. The van der Waals surface area contributed by atoms with E-state index in [-0.39, 0.29) is 12.6 Å². The van der Waals surface area contributed by atoms with Crippen molar-refractivity contribution in [1.29, 1.82) is 0 Å². The van der Waals surface area contributed by atoms with Gasteiger partial charge in [-0.05, 0) is 41.1 Å². The van der Waals surface area contributed by atoms with Crippen molar-refractivity contribution in [1.82, 2.24) is 4.98 Å². The second-order valence-electron chi connectivity index (χ2n) is 3.74. The summed E-state index contributed by atoms with van der Waals surface area (Å²) in [6.07, 6.45) is 0. The molecule has 1 atom stereocenters. The minimum atomic E-state index is 0.00689. The van der Waals surface area contributed by atoms with E-state index in [4.69, 9.17) is 5.11 Å². The zero-order valence-electron chi connectivity index (χ0n) is 8.94. The number of benzene rings is 1. The Balaban J connectivity index is 2.39. The summed E-state index contributed by atoms with van der Waals surface area (Å²) in [5, 5.41) is 13.2. The summed E-state index contributed by atoms with van der Waals surface area (Å²) in [6, 6.07) is 9.91. The highest BCUT2D eigenvalue weighted by atomic mass is 79.9. The van der Waals surface area contributed by atoms with Gasteiger partial charge in [-0.15, -0.1) is 0 Å². The van der Waals surface area contributed by atoms with Gasteiger partial charge in [0.05, 0.1) is 12.1 Å². The maximum absolute atomic E-state index is 8.96. The Morgan fingerprint density at radius 3 is 2.94 bits per heavy atom. The molecule has 0 fully saturated rings. The lowest BCUT2D eigenvalue weighted by atomic mass is 10.2. The van der Waals surface area contributed by atoms with Gasteiger partial charge in [-0.1, -0.05) is 12.1 Å². The molecular weight excluding hydrogens is 268 g/mol. The van der Waals surface area contributed by atoms with Crippen LogP contribution in [0.5, 0.6) is 0 Å². The minimum Gasteiger partial charge on any atom is -0.394 e. The van der Waals surface area contributed by atoms with E-state index in [2.05, 4.69) is 26.2 Å². The molecular formula is C12H13BrN2O. The summed E-state index contributed by atoms with van der Waals surface area (Å²) in [4.78, 5) is 4.49. The van der Waals surface area contributed by atoms with E-state index in [9.17, 15) is 0 Å². The minimum absolute atomic E-state index is 0.00689. The maximum Gasteiger partial charge on any atom is 0.126 e. The average molecular weight is 281 g/mol.